The number of cyclic esters (lactones) is 1. The van der Waals surface area contributed by atoms with E-state index in [1.807, 2.05) is 0 Å². The van der Waals surface area contributed by atoms with Crippen LogP contribution in [0.15, 0.2) is 30.5 Å². The zero-order valence-corrected chi connectivity index (χ0v) is 20.3. The van der Waals surface area contributed by atoms with E-state index in [-0.39, 0.29) is 41.1 Å². The number of fused-ring (bicyclic) bond motifs is 2. The van der Waals surface area contributed by atoms with Crippen LogP contribution < -0.4 is 5.32 Å². The van der Waals surface area contributed by atoms with Crippen molar-refractivity contribution < 1.29 is 41.0 Å². The van der Waals surface area contributed by atoms with Crippen LogP contribution in [-0.4, -0.2) is 62.9 Å². The first kappa shape index (κ1) is 25.7. The van der Waals surface area contributed by atoms with Crippen molar-refractivity contribution in [3.63, 3.8) is 0 Å². The normalized spacial score (nSPS) is 21.7. The molecule has 1 aromatic carbocycles. The van der Waals surface area contributed by atoms with Crippen LogP contribution in [0.1, 0.15) is 38.5 Å². The third-order valence-corrected chi connectivity index (χ3v) is 6.11. The Labute approximate surface area is 212 Å². The molecule has 4 heterocycles. The molecule has 2 amide bonds. The molecular weight excluding hydrogens is 517 g/mol. The average molecular weight is 539 g/mol. The van der Waals surface area contributed by atoms with Gasteiger partial charge in [0.1, 0.15) is 35.1 Å². The van der Waals surface area contributed by atoms with Gasteiger partial charge in [0.15, 0.2) is 0 Å². The number of anilines is 1. The number of likely N-dealkylation sites (tertiary alicyclic amines) is 1. The molecule has 0 spiro atoms. The zero-order chi connectivity index (χ0) is 27.6. The molecule has 2 aliphatic rings. The molecule has 2 aromatic heterocycles. The lowest BCUT2D eigenvalue weighted by molar-refractivity contribution is -0.206. The smallest absolute Gasteiger partial charge is 0.430 e. The largest absolute Gasteiger partial charge is 0.444 e. The lowest BCUT2D eigenvalue weighted by Gasteiger charge is -2.28. The number of halogens is 5. The second-order valence-corrected chi connectivity index (χ2v) is 10.00. The van der Waals surface area contributed by atoms with Crippen molar-refractivity contribution in [2.45, 2.75) is 50.9 Å². The summed E-state index contributed by atoms with van der Waals surface area (Å²) in [6.45, 7) is 4.51. The van der Waals surface area contributed by atoms with E-state index >= 15 is 4.39 Å². The standard InChI is InChI=1S/C24H22F5N5O4/c1-23(2,3)38-22(36)33-9-14(26)16(10-33)34-15-8-11(25)4-5-12(15)18(32-34)13-6-7-30-20-17(13)19(24(27,28)29)37-21(35)31-20/h4-8,14,16,19H,9-10H2,1-3H3,(H,30,31,35)/t14-,16+,19+/m0/s1. The van der Waals surface area contributed by atoms with Crippen LogP contribution in [0.25, 0.3) is 22.2 Å². The van der Waals surface area contributed by atoms with Gasteiger partial charge in [-0.3, -0.25) is 10.00 Å². The Morgan fingerprint density at radius 3 is 2.61 bits per heavy atom. The Balaban J connectivity index is 1.63. The van der Waals surface area contributed by atoms with Gasteiger partial charge in [-0.15, -0.1) is 0 Å². The van der Waals surface area contributed by atoms with Crippen molar-refractivity contribution in [3.05, 3.63) is 41.8 Å². The lowest BCUT2D eigenvalue weighted by atomic mass is 9.97. The van der Waals surface area contributed by atoms with Gasteiger partial charge < -0.3 is 14.4 Å². The first-order chi connectivity index (χ1) is 17.7. The Hall–Kier alpha value is -3.97. The summed E-state index contributed by atoms with van der Waals surface area (Å²) in [5.41, 5.74) is -1.33. The van der Waals surface area contributed by atoms with Gasteiger partial charge in [0.05, 0.1) is 17.6 Å². The summed E-state index contributed by atoms with van der Waals surface area (Å²) in [7, 11) is 0. The minimum Gasteiger partial charge on any atom is -0.444 e. The first-order valence-corrected chi connectivity index (χ1v) is 11.6. The summed E-state index contributed by atoms with van der Waals surface area (Å²) in [6, 6.07) is 3.67. The molecule has 0 radical (unpaired) electrons. The molecule has 14 heteroatoms. The van der Waals surface area contributed by atoms with Gasteiger partial charge in [-0.25, -0.2) is 23.4 Å². The number of nitrogens with one attached hydrogen (secondary N) is 1. The third-order valence-electron chi connectivity index (χ3n) is 6.11. The third kappa shape index (κ3) is 4.58. The molecule has 3 aromatic rings. The molecule has 202 valence electrons. The summed E-state index contributed by atoms with van der Waals surface area (Å²) in [6.07, 6.45) is -10.1. The zero-order valence-electron chi connectivity index (χ0n) is 20.3. The molecule has 38 heavy (non-hydrogen) atoms. The number of aromatic nitrogens is 3. The number of alkyl halides is 4. The number of hydrogen-bond donors (Lipinski definition) is 1. The number of pyridine rings is 1. The molecule has 9 nitrogen and oxygen atoms in total. The number of ether oxygens (including phenoxy) is 2. The molecule has 0 saturated carbocycles. The van der Waals surface area contributed by atoms with Crippen LogP contribution in [0.3, 0.4) is 0 Å². The quantitative estimate of drug-likeness (QED) is 0.430. The van der Waals surface area contributed by atoms with Gasteiger partial charge in [0, 0.05) is 23.7 Å². The van der Waals surface area contributed by atoms with Crippen molar-refractivity contribution in [1.29, 1.82) is 0 Å². The maximum absolute atomic E-state index is 15.3. The highest BCUT2D eigenvalue weighted by Crippen LogP contribution is 2.46. The van der Waals surface area contributed by atoms with E-state index in [4.69, 9.17) is 4.74 Å². The van der Waals surface area contributed by atoms with Crippen molar-refractivity contribution in [2.24, 2.45) is 0 Å². The van der Waals surface area contributed by atoms with E-state index < -0.39 is 53.7 Å². The number of benzene rings is 1. The van der Waals surface area contributed by atoms with E-state index in [2.05, 4.69) is 20.1 Å². The topological polar surface area (TPSA) is 98.6 Å². The predicted molar refractivity (Wildman–Crippen MR) is 124 cm³/mol. The number of carbonyl (C=O) groups is 2. The molecular formula is C24H22F5N5O4. The van der Waals surface area contributed by atoms with Crippen molar-refractivity contribution >= 4 is 28.9 Å². The summed E-state index contributed by atoms with van der Waals surface area (Å²) in [5, 5.41) is 6.79. The van der Waals surface area contributed by atoms with Gasteiger partial charge in [-0.05, 0) is 45.0 Å². The van der Waals surface area contributed by atoms with Crippen molar-refractivity contribution in [1.82, 2.24) is 19.7 Å². The highest BCUT2D eigenvalue weighted by Gasteiger charge is 2.49. The molecule has 5 rings (SSSR count). The van der Waals surface area contributed by atoms with Crippen LogP contribution >= 0.6 is 0 Å². The Kier molecular flexibility index (Phi) is 5.95. The average Bonchev–Trinajstić information content (AvgIpc) is 3.36. The fourth-order valence-electron chi connectivity index (χ4n) is 4.58. The van der Waals surface area contributed by atoms with E-state index in [0.29, 0.717) is 0 Å². The van der Waals surface area contributed by atoms with Crippen LogP contribution in [0.4, 0.5) is 37.4 Å². The van der Waals surface area contributed by atoms with E-state index in [9.17, 15) is 27.2 Å². The summed E-state index contributed by atoms with van der Waals surface area (Å²) >= 11 is 0. The van der Waals surface area contributed by atoms with Crippen LogP contribution in [0, 0.1) is 5.82 Å². The van der Waals surface area contributed by atoms with Gasteiger partial charge in [0.25, 0.3) is 0 Å². The monoisotopic (exact) mass is 539 g/mol. The molecule has 1 fully saturated rings. The summed E-state index contributed by atoms with van der Waals surface area (Å²) in [5.74, 6) is -1.05. The molecule has 3 atom stereocenters. The second kappa shape index (κ2) is 8.81. The van der Waals surface area contributed by atoms with E-state index in [1.54, 1.807) is 20.8 Å². The van der Waals surface area contributed by atoms with Crippen LogP contribution in [0.2, 0.25) is 0 Å². The second-order valence-electron chi connectivity index (χ2n) is 10.00. The van der Waals surface area contributed by atoms with Gasteiger partial charge in [0.2, 0.25) is 6.10 Å². The SMILES string of the molecule is CC(C)(C)OC(=O)N1C[C@@H](n2nc(-c3ccnc4c3[C@H](C(F)(F)F)OC(=O)N4)c3ccc(F)cc32)[C@@H](F)C1. The molecule has 0 unspecified atom stereocenters. The van der Waals surface area contributed by atoms with E-state index in [1.165, 1.54) is 23.0 Å². The first-order valence-electron chi connectivity index (χ1n) is 11.6. The van der Waals surface area contributed by atoms with Crippen molar-refractivity contribution in [3.8, 4) is 11.3 Å². The number of rotatable bonds is 2. The maximum atomic E-state index is 15.3. The van der Waals surface area contributed by atoms with Crippen molar-refractivity contribution in [2.75, 3.05) is 18.4 Å². The minimum atomic E-state index is -4.97. The Morgan fingerprint density at radius 1 is 1.18 bits per heavy atom. The molecule has 0 bridgehead atoms. The highest BCUT2D eigenvalue weighted by atomic mass is 19.4. The molecule has 2 aliphatic heterocycles. The number of hydrogen-bond acceptors (Lipinski definition) is 6. The summed E-state index contributed by atoms with van der Waals surface area (Å²) < 4.78 is 82.2. The van der Waals surface area contributed by atoms with Gasteiger partial charge >= 0.3 is 18.4 Å². The van der Waals surface area contributed by atoms with Gasteiger partial charge in [-0.1, -0.05) is 0 Å². The minimum absolute atomic E-state index is 0.0319. The highest BCUT2D eigenvalue weighted by molar-refractivity contribution is 5.97. The molecule has 0 aliphatic carbocycles. The Bertz CT molecular complexity index is 1430. The van der Waals surface area contributed by atoms with Gasteiger partial charge in [-0.2, -0.15) is 18.3 Å². The molecule has 1 N–H and O–H groups in total. The Morgan fingerprint density at radius 2 is 1.92 bits per heavy atom. The number of carbonyl (C=O) groups excluding carboxylic acids is 2. The predicted octanol–water partition coefficient (Wildman–Crippen LogP) is 5.53. The fraction of sp³-hybridized carbons (Fsp3) is 0.417. The number of amides is 2. The fourth-order valence-corrected chi connectivity index (χ4v) is 4.58. The molecule has 1 saturated heterocycles. The van der Waals surface area contributed by atoms with Crippen LogP contribution in [-0.2, 0) is 9.47 Å². The summed E-state index contributed by atoms with van der Waals surface area (Å²) in [4.78, 5) is 29.3. The maximum Gasteiger partial charge on any atom is 0.430 e. The lowest BCUT2D eigenvalue weighted by Crippen LogP contribution is -2.35. The van der Waals surface area contributed by atoms with E-state index in [0.717, 1.165) is 17.0 Å². The van der Waals surface area contributed by atoms with Crippen LogP contribution in [0.5, 0.6) is 0 Å². The number of nitrogens with zero attached hydrogens (tertiary/aromatic N) is 4.